The number of aromatic nitrogens is 2. The Morgan fingerprint density at radius 1 is 1.07 bits per heavy atom. The van der Waals surface area contributed by atoms with Gasteiger partial charge < -0.3 is 5.32 Å². The number of halogens is 1. The SMILES string of the molecule is O=C(Nc1ccnn1Cc1ccccc1Cl)c1cccc(S(=O)(=O)N2CCCC2)c1. The Labute approximate surface area is 180 Å². The van der Waals surface area contributed by atoms with E-state index in [-0.39, 0.29) is 10.5 Å². The van der Waals surface area contributed by atoms with Crippen LogP contribution in [-0.2, 0) is 16.6 Å². The van der Waals surface area contributed by atoms with Crippen LogP contribution >= 0.6 is 11.6 Å². The quantitative estimate of drug-likeness (QED) is 0.629. The fourth-order valence-corrected chi connectivity index (χ4v) is 5.18. The molecule has 4 rings (SSSR count). The monoisotopic (exact) mass is 444 g/mol. The largest absolute Gasteiger partial charge is 0.307 e. The highest BCUT2D eigenvalue weighted by Crippen LogP contribution is 2.22. The van der Waals surface area contributed by atoms with Crippen molar-refractivity contribution >= 4 is 33.3 Å². The molecule has 2 heterocycles. The number of anilines is 1. The molecule has 0 bridgehead atoms. The van der Waals surface area contributed by atoms with E-state index in [9.17, 15) is 13.2 Å². The molecule has 9 heteroatoms. The molecule has 156 valence electrons. The van der Waals surface area contributed by atoms with Crippen molar-refractivity contribution in [3.05, 3.63) is 76.9 Å². The van der Waals surface area contributed by atoms with Crippen LogP contribution in [0.4, 0.5) is 5.82 Å². The fourth-order valence-electron chi connectivity index (χ4n) is 3.42. The molecule has 1 aliphatic rings. The molecule has 0 radical (unpaired) electrons. The maximum absolute atomic E-state index is 12.8. The first-order valence-corrected chi connectivity index (χ1v) is 11.4. The van der Waals surface area contributed by atoms with E-state index in [1.165, 1.54) is 16.4 Å². The highest BCUT2D eigenvalue weighted by atomic mass is 35.5. The van der Waals surface area contributed by atoms with Gasteiger partial charge in [-0.1, -0.05) is 35.9 Å². The highest BCUT2D eigenvalue weighted by Gasteiger charge is 2.27. The van der Waals surface area contributed by atoms with Crippen molar-refractivity contribution in [2.75, 3.05) is 18.4 Å². The molecule has 0 saturated carbocycles. The van der Waals surface area contributed by atoms with Gasteiger partial charge in [-0.3, -0.25) is 4.79 Å². The third-order valence-corrected chi connectivity index (χ3v) is 7.30. The third kappa shape index (κ3) is 4.26. The summed E-state index contributed by atoms with van der Waals surface area (Å²) in [5.74, 6) is 0.0853. The summed E-state index contributed by atoms with van der Waals surface area (Å²) in [5.41, 5.74) is 1.14. The van der Waals surface area contributed by atoms with Crippen molar-refractivity contribution in [1.82, 2.24) is 14.1 Å². The number of hydrogen-bond acceptors (Lipinski definition) is 4. The summed E-state index contributed by atoms with van der Waals surface area (Å²) in [6.07, 6.45) is 3.30. The van der Waals surface area contributed by atoms with Crippen LogP contribution < -0.4 is 5.32 Å². The van der Waals surface area contributed by atoms with E-state index < -0.39 is 15.9 Å². The minimum atomic E-state index is -3.59. The van der Waals surface area contributed by atoms with Gasteiger partial charge in [0.05, 0.1) is 17.6 Å². The Morgan fingerprint density at radius 3 is 2.60 bits per heavy atom. The van der Waals surface area contributed by atoms with E-state index in [0.717, 1.165) is 18.4 Å². The van der Waals surface area contributed by atoms with Gasteiger partial charge in [0.2, 0.25) is 10.0 Å². The molecule has 2 aromatic carbocycles. The Kier molecular flexibility index (Phi) is 5.90. The summed E-state index contributed by atoms with van der Waals surface area (Å²) >= 11 is 6.22. The van der Waals surface area contributed by atoms with E-state index in [2.05, 4.69) is 10.4 Å². The second kappa shape index (κ2) is 8.59. The van der Waals surface area contributed by atoms with E-state index in [1.54, 1.807) is 35.1 Å². The molecule has 0 atom stereocenters. The first kappa shape index (κ1) is 20.6. The Morgan fingerprint density at radius 2 is 1.83 bits per heavy atom. The van der Waals surface area contributed by atoms with Gasteiger partial charge in [0.15, 0.2) is 0 Å². The predicted molar refractivity (Wildman–Crippen MR) is 115 cm³/mol. The van der Waals surface area contributed by atoms with Crippen LogP contribution in [0, 0.1) is 0 Å². The number of benzene rings is 2. The normalized spacial score (nSPS) is 14.7. The van der Waals surface area contributed by atoms with E-state index in [4.69, 9.17) is 11.6 Å². The molecule has 0 spiro atoms. The van der Waals surface area contributed by atoms with Crippen LogP contribution in [0.3, 0.4) is 0 Å². The lowest BCUT2D eigenvalue weighted by Gasteiger charge is -2.16. The Balaban J connectivity index is 1.53. The van der Waals surface area contributed by atoms with Crippen molar-refractivity contribution in [2.45, 2.75) is 24.3 Å². The Hall–Kier alpha value is -2.68. The molecule has 1 N–H and O–H groups in total. The van der Waals surface area contributed by atoms with Crippen molar-refractivity contribution in [2.24, 2.45) is 0 Å². The predicted octanol–water partition coefficient (Wildman–Crippen LogP) is 3.62. The number of nitrogens with zero attached hydrogens (tertiary/aromatic N) is 3. The van der Waals surface area contributed by atoms with Crippen molar-refractivity contribution < 1.29 is 13.2 Å². The summed E-state index contributed by atoms with van der Waals surface area (Å²) in [6, 6.07) is 15.2. The Bertz CT molecular complexity index is 1170. The van der Waals surface area contributed by atoms with Gasteiger partial charge >= 0.3 is 0 Å². The minimum absolute atomic E-state index is 0.127. The zero-order valence-corrected chi connectivity index (χ0v) is 17.7. The highest BCUT2D eigenvalue weighted by molar-refractivity contribution is 7.89. The second-order valence-corrected chi connectivity index (χ2v) is 9.40. The second-order valence-electron chi connectivity index (χ2n) is 7.06. The smallest absolute Gasteiger partial charge is 0.256 e. The number of rotatable bonds is 6. The number of carbonyl (C=O) groups excluding carboxylic acids is 1. The zero-order valence-electron chi connectivity index (χ0n) is 16.2. The van der Waals surface area contributed by atoms with Crippen molar-refractivity contribution in [1.29, 1.82) is 0 Å². The number of hydrogen-bond donors (Lipinski definition) is 1. The van der Waals surface area contributed by atoms with Gasteiger partial charge in [-0.2, -0.15) is 9.40 Å². The van der Waals surface area contributed by atoms with Gasteiger partial charge in [0.1, 0.15) is 5.82 Å². The number of amides is 1. The van der Waals surface area contributed by atoms with Crippen LogP contribution in [0.15, 0.2) is 65.7 Å². The van der Waals surface area contributed by atoms with Gasteiger partial charge in [-0.15, -0.1) is 0 Å². The van der Waals surface area contributed by atoms with Crippen LogP contribution in [0.25, 0.3) is 0 Å². The lowest BCUT2D eigenvalue weighted by molar-refractivity contribution is 0.102. The minimum Gasteiger partial charge on any atom is -0.307 e. The lowest BCUT2D eigenvalue weighted by atomic mass is 10.2. The maximum Gasteiger partial charge on any atom is 0.256 e. The number of nitrogens with one attached hydrogen (secondary N) is 1. The standard InChI is InChI=1S/C21H21ClN4O3S/c22-19-9-2-1-6-17(19)15-26-20(10-11-23-26)24-21(27)16-7-5-8-18(14-16)30(28,29)25-12-3-4-13-25/h1-2,5-11,14H,3-4,12-13,15H2,(H,24,27). The number of carbonyl (C=O) groups is 1. The molecule has 3 aromatic rings. The van der Waals surface area contributed by atoms with E-state index in [1.807, 2.05) is 18.2 Å². The van der Waals surface area contributed by atoms with Crippen LogP contribution in [0.1, 0.15) is 28.8 Å². The molecule has 1 aromatic heterocycles. The fraction of sp³-hybridized carbons (Fsp3) is 0.238. The molecule has 0 aliphatic carbocycles. The summed E-state index contributed by atoms with van der Waals surface area (Å²) in [4.78, 5) is 12.9. The first-order chi connectivity index (χ1) is 14.4. The molecule has 1 fully saturated rings. The van der Waals surface area contributed by atoms with Gasteiger partial charge in [-0.25, -0.2) is 13.1 Å². The molecule has 1 aliphatic heterocycles. The summed E-state index contributed by atoms with van der Waals surface area (Å²) in [5, 5.41) is 7.67. The molecule has 1 amide bonds. The molecule has 0 unspecified atom stereocenters. The number of sulfonamides is 1. The van der Waals surface area contributed by atoms with E-state index in [0.29, 0.717) is 30.5 Å². The summed E-state index contributed by atoms with van der Waals surface area (Å²) < 4.78 is 28.7. The third-order valence-electron chi connectivity index (χ3n) is 5.04. The average molecular weight is 445 g/mol. The van der Waals surface area contributed by atoms with Crippen molar-refractivity contribution in [3.8, 4) is 0 Å². The van der Waals surface area contributed by atoms with Crippen LogP contribution in [0.2, 0.25) is 5.02 Å². The van der Waals surface area contributed by atoms with Crippen molar-refractivity contribution in [3.63, 3.8) is 0 Å². The first-order valence-electron chi connectivity index (χ1n) is 9.62. The average Bonchev–Trinajstić information content (AvgIpc) is 3.43. The molecular formula is C21H21ClN4O3S. The molecule has 30 heavy (non-hydrogen) atoms. The molecule has 1 saturated heterocycles. The zero-order chi connectivity index (χ0) is 21.1. The van der Waals surface area contributed by atoms with Gasteiger partial charge in [0, 0.05) is 29.7 Å². The maximum atomic E-state index is 12.8. The molecule has 7 nitrogen and oxygen atoms in total. The van der Waals surface area contributed by atoms with Gasteiger partial charge in [-0.05, 0) is 42.7 Å². The topological polar surface area (TPSA) is 84.3 Å². The van der Waals surface area contributed by atoms with Crippen LogP contribution in [-0.4, -0.2) is 41.5 Å². The lowest BCUT2D eigenvalue weighted by Crippen LogP contribution is -2.28. The van der Waals surface area contributed by atoms with Crippen LogP contribution in [0.5, 0.6) is 0 Å². The summed E-state index contributed by atoms with van der Waals surface area (Å²) in [7, 11) is -3.59. The molecular weight excluding hydrogens is 424 g/mol. The van der Waals surface area contributed by atoms with Gasteiger partial charge in [0.25, 0.3) is 5.91 Å². The summed E-state index contributed by atoms with van der Waals surface area (Å²) in [6.45, 7) is 1.42. The van der Waals surface area contributed by atoms with E-state index >= 15 is 0 Å².